The SMILES string of the molecule is CC1Nc2cccc(O)c2S1. The quantitative estimate of drug-likeness (QED) is 0.621. The van der Waals surface area contributed by atoms with Gasteiger partial charge in [0, 0.05) is 0 Å². The van der Waals surface area contributed by atoms with Crippen LogP contribution in [0.5, 0.6) is 5.75 Å². The van der Waals surface area contributed by atoms with Gasteiger partial charge in [-0.05, 0) is 19.1 Å². The average molecular weight is 167 g/mol. The predicted octanol–water partition coefficient (Wildman–Crippen LogP) is 2.26. The van der Waals surface area contributed by atoms with Crippen LogP contribution in [-0.2, 0) is 0 Å². The fraction of sp³-hybridized carbons (Fsp3) is 0.250. The minimum absolute atomic E-state index is 0.373. The summed E-state index contributed by atoms with van der Waals surface area (Å²) in [4.78, 5) is 0.972. The number of hydrogen-bond donors (Lipinski definition) is 2. The van der Waals surface area contributed by atoms with Gasteiger partial charge >= 0.3 is 0 Å². The van der Waals surface area contributed by atoms with E-state index in [1.165, 1.54) is 0 Å². The molecule has 1 aromatic rings. The lowest BCUT2D eigenvalue weighted by Crippen LogP contribution is -2.02. The van der Waals surface area contributed by atoms with Crippen molar-refractivity contribution >= 4 is 17.4 Å². The molecule has 0 fully saturated rings. The highest BCUT2D eigenvalue weighted by Crippen LogP contribution is 2.43. The van der Waals surface area contributed by atoms with Gasteiger partial charge in [-0.2, -0.15) is 0 Å². The molecule has 0 bridgehead atoms. The third-order valence-electron chi connectivity index (χ3n) is 1.65. The Kier molecular flexibility index (Phi) is 1.46. The van der Waals surface area contributed by atoms with Gasteiger partial charge in [0.2, 0.25) is 0 Å². The summed E-state index contributed by atoms with van der Waals surface area (Å²) in [6.07, 6.45) is 0. The van der Waals surface area contributed by atoms with Crippen LogP contribution >= 0.6 is 11.8 Å². The molecular weight excluding hydrogens is 158 g/mol. The van der Waals surface area contributed by atoms with Gasteiger partial charge in [0.25, 0.3) is 0 Å². The monoisotopic (exact) mass is 167 g/mol. The van der Waals surface area contributed by atoms with Crippen molar-refractivity contribution in [1.29, 1.82) is 0 Å². The van der Waals surface area contributed by atoms with E-state index in [-0.39, 0.29) is 0 Å². The fourth-order valence-corrected chi connectivity index (χ4v) is 2.17. The van der Waals surface area contributed by atoms with E-state index in [1.807, 2.05) is 12.1 Å². The summed E-state index contributed by atoms with van der Waals surface area (Å²) in [5.41, 5.74) is 1.04. The van der Waals surface area contributed by atoms with E-state index in [0.717, 1.165) is 10.6 Å². The molecule has 0 radical (unpaired) electrons. The van der Waals surface area contributed by atoms with Gasteiger partial charge < -0.3 is 10.4 Å². The maximum atomic E-state index is 9.39. The van der Waals surface area contributed by atoms with E-state index in [4.69, 9.17) is 0 Å². The predicted molar refractivity (Wildman–Crippen MR) is 47.0 cm³/mol. The molecule has 1 aliphatic heterocycles. The van der Waals surface area contributed by atoms with E-state index < -0.39 is 0 Å². The maximum absolute atomic E-state index is 9.39. The summed E-state index contributed by atoms with van der Waals surface area (Å²) >= 11 is 1.66. The van der Waals surface area contributed by atoms with Crippen molar-refractivity contribution in [2.45, 2.75) is 17.2 Å². The van der Waals surface area contributed by atoms with Gasteiger partial charge in [0.05, 0.1) is 16.0 Å². The molecule has 0 saturated carbocycles. The van der Waals surface area contributed by atoms with Crippen LogP contribution in [0, 0.1) is 0 Å². The number of thioether (sulfide) groups is 1. The number of anilines is 1. The molecule has 58 valence electrons. The number of nitrogens with one attached hydrogen (secondary N) is 1. The summed E-state index contributed by atoms with van der Waals surface area (Å²) in [6.45, 7) is 2.07. The van der Waals surface area contributed by atoms with Crippen LogP contribution in [0.25, 0.3) is 0 Å². The van der Waals surface area contributed by atoms with Crippen molar-refractivity contribution in [2.75, 3.05) is 5.32 Å². The van der Waals surface area contributed by atoms with Crippen molar-refractivity contribution in [2.24, 2.45) is 0 Å². The van der Waals surface area contributed by atoms with Crippen molar-refractivity contribution in [3.05, 3.63) is 18.2 Å². The third-order valence-corrected chi connectivity index (χ3v) is 2.78. The lowest BCUT2D eigenvalue weighted by atomic mass is 10.3. The van der Waals surface area contributed by atoms with Gasteiger partial charge in [-0.25, -0.2) is 0 Å². The summed E-state index contributed by atoms with van der Waals surface area (Å²) in [7, 11) is 0. The second kappa shape index (κ2) is 2.34. The second-order valence-electron chi connectivity index (χ2n) is 2.56. The largest absolute Gasteiger partial charge is 0.507 e. The third kappa shape index (κ3) is 1.05. The first-order valence-electron chi connectivity index (χ1n) is 3.52. The standard InChI is InChI=1S/C8H9NOS/c1-5-9-6-3-2-4-7(10)8(6)11-5/h2-5,9-10H,1H3. The molecular formula is C8H9NOS. The molecule has 1 atom stereocenters. The fourth-order valence-electron chi connectivity index (χ4n) is 1.19. The van der Waals surface area contributed by atoms with E-state index in [1.54, 1.807) is 17.8 Å². The average Bonchev–Trinajstić information content (AvgIpc) is 2.31. The van der Waals surface area contributed by atoms with Crippen LogP contribution < -0.4 is 5.32 Å². The zero-order chi connectivity index (χ0) is 7.84. The first-order valence-corrected chi connectivity index (χ1v) is 4.40. The van der Waals surface area contributed by atoms with Gasteiger partial charge in [-0.3, -0.25) is 0 Å². The molecule has 1 unspecified atom stereocenters. The summed E-state index contributed by atoms with van der Waals surface area (Å²) < 4.78 is 0. The number of benzene rings is 1. The number of phenols is 1. The Balaban J connectivity index is 2.49. The molecule has 1 aliphatic rings. The highest BCUT2D eigenvalue weighted by molar-refractivity contribution is 8.00. The molecule has 0 aliphatic carbocycles. The molecule has 11 heavy (non-hydrogen) atoms. The highest BCUT2D eigenvalue weighted by Gasteiger charge is 2.19. The Morgan fingerprint density at radius 1 is 1.55 bits per heavy atom. The Bertz CT molecular complexity index is 287. The molecule has 3 heteroatoms. The highest BCUT2D eigenvalue weighted by atomic mass is 32.2. The minimum Gasteiger partial charge on any atom is -0.507 e. The minimum atomic E-state index is 0.373. The van der Waals surface area contributed by atoms with Crippen molar-refractivity contribution < 1.29 is 5.11 Å². The zero-order valence-corrected chi connectivity index (χ0v) is 6.98. The summed E-state index contributed by atoms with van der Waals surface area (Å²) in [5.74, 6) is 0.379. The van der Waals surface area contributed by atoms with Crippen molar-refractivity contribution in [3.8, 4) is 5.75 Å². The lowest BCUT2D eigenvalue weighted by Gasteiger charge is -1.99. The van der Waals surface area contributed by atoms with Crippen LogP contribution in [0.2, 0.25) is 0 Å². The number of hydrogen-bond acceptors (Lipinski definition) is 3. The lowest BCUT2D eigenvalue weighted by molar-refractivity contribution is 0.463. The molecule has 2 N–H and O–H groups in total. The molecule has 2 nitrogen and oxygen atoms in total. The Hall–Kier alpha value is -0.830. The molecule has 0 saturated heterocycles. The number of rotatable bonds is 0. The number of aromatic hydroxyl groups is 1. The van der Waals surface area contributed by atoms with Gasteiger partial charge in [0.15, 0.2) is 0 Å². The molecule has 0 aromatic heterocycles. The molecule has 1 heterocycles. The van der Waals surface area contributed by atoms with E-state index in [2.05, 4.69) is 12.2 Å². The van der Waals surface area contributed by atoms with Gasteiger partial charge in [-0.1, -0.05) is 17.8 Å². The number of phenolic OH excluding ortho intramolecular Hbond substituents is 1. The van der Waals surface area contributed by atoms with Crippen LogP contribution in [0.15, 0.2) is 23.1 Å². The Morgan fingerprint density at radius 3 is 3.09 bits per heavy atom. The van der Waals surface area contributed by atoms with Crippen LogP contribution in [0.1, 0.15) is 6.92 Å². The van der Waals surface area contributed by atoms with E-state index >= 15 is 0 Å². The first kappa shape index (κ1) is 6.85. The van der Waals surface area contributed by atoms with Crippen LogP contribution in [-0.4, -0.2) is 10.5 Å². The topological polar surface area (TPSA) is 32.3 Å². The zero-order valence-electron chi connectivity index (χ0n) is 6.16. The Labute approximate surface area is 69.6 Å². The smallest absolute Gasteiger partial charge is 0.131 e. The number of fused-ring (bicyclic) bond motifs is 1. The van der Waals surface area contributed by atoms with Crippen LogP contribution in [0.3, 0.4) is 0 Å². The van der Waals surface area contributed by atoms with E-state index in [9.17, 15) is 5.11 Å². The normalized spacial score (nSPS) is 21.0. The Morgan fingerprint density at radius 2 is 2.36 bits per heavy atom. The maximum Gasteiger partial charge on any atom is 0.131 e. The van der Waals surface area contributed by atoms with Gasteiger partial charge in [0.1, 0.15) is 5.75 Å². The van der Waals surface area contributed by atoms with Crippen molar-refractivity contribution in [1.82, 2.24) is 0 Å². The molecule has 1 aromatic carbocycles. The molecule has 2 rings (SSSR count). The van der Waals surface area contributed by atoms with Crippen LogP contribution in [0.4, 0.5) is 5.69 Å². The van der Waals surface area contributed by atoms with Gasteiger partial charge in [-0.15, -0.1) is 0 Å². The summed E-state index contributed by atoms with van der Waals surface area (Å²) in [5, 5.41) is 13.0. The van der Waals surface area contributed by atoms with E-state index in [0.29, 0.717) is 11.1 Å². The summed E-state index contributed by atoms with van der Waals surface area (Å²) in [6, 6.07) is 5.54. The molecule has 0 amide bonds. The molecule has 0 spiro atoms. The van der Waals surface area contributed by atoms with Crippen molar-refractivity contribution in [3.63, 3.8) is 0 Å². The first-order chi connectivity index (χ1) is 5.27. The second-order valence-corrected chi connectivity index (χ2v) is 3.91.